The lowest BCUT2D eigenvalue weighted by Gasteiger charge is -2.02. The van der Waals surface area contributed by atoms with E-state index in [1.54, 1.807) is 0 Å². The van der Waals surface area contributed by atoms with Crippen LogP contribution in [0.15, 0.2) is 30.3 Å². The lowest BCUT2D eigenvalue weighted by Crippen LogP contribution is -2.16. The van der Waals surface area contributed by atoms with Crippen LogP contribution < -0.4 is 0 Å². The van der Waals surface area contributed by atoms with E-state index >= 15 is 0 Å². The van der Waals surface area contributed by atoms with Gasteiger partial charge in [-0.1, -0.05) is 57.6 Å². The van der Waals surface area contributed by atoms with Crippen LogP contribution in [0.1, 0.15) is 19.4 Å². The Balaban J connectivity index is 0.000000791. The normalized spacial score (nSPS) is 9.21. The molecule has 1 aromatic carbocycles. The fourth-order valence-corrected chi connectivity index (χ4v) is 1.30. The number of hydrogen-bond donors (Lipinski definition) is 0. The third kappa shape index (κ3) is 6.51. The van der Waals surface area contributed by atoms with E-state index in [1.165, 1.54) is 0 Å². The van der Waals surface area contributed by atoms with Crippen LogP contribution in [0.4, 0.5) is 0 Å². The van der Waals surface area contributed by atoms with Crippen LogP contribution in [-0.2, 0) is 0 Å². The fraction of sp³-hybridized carbons (Fsp3) is 0.385. The quantitative estimate of drug-likeness (QED) is 0.443. The van der Waals surface area contributed by atoms with Crippen LogP contribution in [0.3, 0.4) is 0 Å². The Hall–Kier alpha value is -1.00. The predicted octanol–water partition coefficient (Wildman–Crippen LogP) is 3.94. The van der Waals surface area contributed by atoms with E-state index in [9.17, 15) is 0 Å². The zero-order chi connectivity index (χ0) is 11.0. The maximum Gasteiger partial charge on any atom is 0.129 e. The molecule has 0 aliphatic carbocycles. The molecule has 0 atom stereocenters. The van der Waals surface area contributed by atoms with E-state index in [0.29, 0.717) is 0 Å². The number of rotatable bonds is 0. The molecule has 0 aliphatic heterocycles. The summed E-state index contributed by atoms with van der Waals surface area (Å²) < 4.78 is 0. The van der Waals surface area contributed by atoms with Crippen molar-refractivity contribution in [3.63, 3.8) is 0 Å². The highest BCUT2D eigenvalue weighted by Crippen LogP contribution is 1.99. The van der Waals surface area contributed by atoms with Crippen LogP contribution in [0.5, 0.6) is 0 Å². The van der Waals surface area contributed by atoms with Crippen LogP contribution in [0, 0.1) is 11.5 Å². The van der Waals surface area contributed by atoms with Crippen LogP contribution in [0.25, 0.3) is 0 Å². The second kappa shape index (κ2) is 6.45. The van der Waals surface area contributed by atoms with E-state index in [1.807, 2.05) is 44.2 Å². The molecular weight excluding hydrogens is 184 g/mol. The summed E-state index contributed by atoms with van der Waals surface area (Å²) in [5, 5.41) is 0. The molecule has 1 rings (SSSR count). The van der Waals surface area contributed by atoms with Gasteiger partial charge in [-0.25, -0.2) is 0 Å². The van der Waals surface area contributed by atoms with Gasteiger partial charge >= 0.3 is 0 Å². The van der Waals surface area contributed by atoms with Gasteiger partial charge in [0.1, 0.15) is 8.07 Å². The second-order valence-electron chi connectivity index (χ2n) is 3.87. The first-order valence-corrected chi connectivity index (χ1v) is 8.66. The van der Waals surface area contributed by atoms with E-state index in [4.69, 9.17) is 0 Å². The topological polar surface area (TPSA) is 0 Å². The van der Waals surface area contributed by atoms with E-state index in [0.717, 1.165) is 5.56 Å². The summed E-state index contributed by atoms with van der Waals surface area (Å²) in [6.07, 6.45) is 0. The molecule has 1 aromatic rings. The predicted molar refractivity (Wildman–Crippen MR) is 68.0 cm³/mol. The van der Waals surface area contributed by atoms with Crippen molar-refractivity contribution in [2.45, 2.75) is 33.5 Å². The summed E-state index contributed by atoms with van der Waals surface area (Å²) in [7, 11) is -1.20. The summed E-state index contributed by atoms with van der Waals surface area (Å²) in [6.45, 7) is 10.8. The largest absolute Gasteiger partial charge is 0.129 e. The monoisotopic (exact) mass is 204 g/mol. The van der Waals surface area contributed by atoms with Crippen molar-refractivity contribution in [2.24, 2.45) is 0 Å². The molecule has 0 fully saturated rings. The molecule has 0 amide bonds. The second-order valence-corrected chi connectivity index (χ2v) is 8.62. The molecule has 0 nitrogen and oxygen atoms in total. The first kappa shape index (κ1) is 13.0. The fourth-order valence-electron chi connectivity index (χ4n) is 0.781. The lowest BCUT2D eigenvalue weighted by atomic mass is 10.2. The van der Waals surface area contributed by atoms with Crippen molar-refractivity contribution in [3.05, 3.63) is 35.9 Å². The standard InChI is InChI=1S/C11H14Si.C2H6/c1-12(2,3)10-9-11-7-5-4-6-8-11;1-2/h4-8H,1-3H3;1-2H3. The maximum atomic E-state index is 3.33. The van der Waals surface area contributed by atoms with Gasteiger partial charge in [0.15, 0.2) is 0 Å². The van der Waals surface area contributed by atoms with Crippen molar-refractivity contribution < 1.29 is 0 Å². The van der Waals surface area contributed by atoms with Gasteiger partial charge in [0, 0.05) is 5.56 Å². The number of benzene rings is 1. The Kier molecular flexibility index (Phi) is 5.99. The van der Waals surface area contributed by atoms with Crippen LogP contribution in [-0.4, -0.2) is 8.07 Å². The zero-order valence-corrected chi connectivity index (χ0v) is 10.9. The smallest absolute Gasteiger partial charge is 0.127 e. The average molecular weight is 204 g/mol. The molecule has 0 aliphatic rings. The summed E-state index contributed by atoms with van der Waals surface area (Å²) in [5.41, 5.74) is 4.45. The minimum Gasteiger partial charge on any atom is -0.127 e. The van der Waals surface area contributed by atoms with Crippen LogP contribution >= 0.6 is 0 Å². The van der Waals surface area contributed by atoms with Gasteiger partial charge in [-0.2, -0.15) is 0 Å². The zero-order valence-electron chi connectivity index (χ0n) is 9.89. The van der Waals surface area contributed by atoms with Gasteiger partial charge in [-0.3, -0.25) is 0 Å². The van der Waals surface area contributed by atoms with Crippen molar-refractivity contribution >= 4 is 8.07 Å². The Bertz CT molecular complexity index is 295. The Labute approximate surface area is 89.4 Å². The molecule has 0 saturated heterocycles. The summed E-state index contributed by atoms with van der Waals surface area (Å²) >= 11 is 0. The first-order chi connectivity index (χ1) is 6.58. The highest BCUT2D eigenvalue weighted by atomic mass is 28.3. The molecule has 14 heavy (non-hydrogen) atoms. The lowest BCUT2D eigenvalue weighted by molar-refractivity contribution is 1.50. The van der Waals surface area contributed by atoms with Gasteiger partial charge in [0.25, 0.3) is 0 Å². The summed E-state index contributed by atoms with van der Waals surface area (Å²) in [4.78, 5) is 0. The Morgan fingerprint density at radius 3 is 1.86 bits per heavy atom. The molecule has 0 aromatic heterocycles. The van der Waals surface area contributed by atoms with Crippen molar-refractivity contribution in [1.82, 2.24) is 0 Å². The molecule has 0 radical (unpaired) electrons. The van der Waals surface area contributed by atoms with Crippen molar-refractivity contribution in [3.8, 4) is 11.5 Å². The average Bonchev–Trinajstić information content (AvgIpc) is 2.19. The highest BCUT2D eigenvalue weighted by Gasteiger charge is 2.06. The molecule has 0 bridgehead atoms. The SMILES string of the molecule is CC.C[Si](C)(C)C#Cc1ccccc1. The Morgan fingerprint density at radius 1 is 0.929 bits per heavy atom. The minimum absolute atomic E-state index is 1.12. The van der Waals surface area contributed by atoms with E-state index in [-0.39, 0.29) is 0 Å². The van der Waals surface area contributed by atoms with Gasteiger partial charge in [0.2, 0.25) is 0 Å². The molecule has 76 valence electrons. The summed E-state index contributed by atoms with van der Waals surface area (Å²) in [6, 6.07) is 10.2. The molecule has 0 N–H and O–H groups in total. The molecular formula is C13H20Si. The third-order valence-corrected chi connectivity index (χ3v) is 2.23. The molecule has 0 spiro atoms. The van der Waals surface area contributed by atoms with Gasteiger partial charge < -0.3 is 0 Å². The molecule has 0 saturated carbocycles. The molecule has 0 unspecified atom stereocenters. The maximum absolute atomic E-state index is 3.33. The van der Waals surface area contributed by atoms with Crippen molar-refractivity contribution in [2.75, 3.05) is 0 Å². The minimum atomic E-state index is -1.20. The van der Waals surface area contributed by atoms with Crippen molar-refractivity contribution in [1.29, 1.82) is 0 Å². The highest BCUT2D eigenvalue weighted by molar-refractivity contribution is 6.83. The third-order valence-electron chi connectivity index (χ3n) is 1.36. The number of hydrogen-bond acceptors (Lipinski definition) is 0. The Morgan fingerprint density at radius 2 is 1.43 bits per heavy atom. The van der Waals surface area contributed by atoms with E-state index in [2.05, 4.69) is 31.1 Å². The molecule has 0 heterocycles. The van der Waals surface area contributed by atoms with Gasteiger partial charge in [-0.15, -0.1) is 5.54 Å². The first-order valence-electron chi connectivity index (χ1n) is 5.16. The van der Waals surface area contributed by atoms with Crippen LogP contribution in [0.2, 0.25) is 19.6 Å². The molecule has 1 heteroatoms. The van der Waals surface area contributed by atoms with Gasteiger partial charge in [-0.05, 0) is 12.1 Å². The van der Waals surface area contributed by atoms with E-state index < -0.39 is 8.07 Å². The summed E-state index contributed by atoms with van der Waals surface area (Å²) in [5.74, 6) is 3.20. The van der Waals surface area contributed by atoms with Gasteiger partial charge in [0.05, 0.1) is 0 Å².